The Morgan fingerprint density at radius 2 is 1.85 bits per heavy atom. The number of hydrogen-bond donors (Lipinski definition) is 0. The van der Waals surface area contributed by atoms with E-state index in [4.69, 9.17) is 19.6 Å². The zero-order chi connectivity index (χ0) is 19.1. The van der Waals surface area contributed by atoms with Crippen LogP contribution in [0.1, 0.15) is 24.7 Å². The first kappa shape index (κ1) is 17.6. The van der Waals surface area contributed by atoms with Gasteiger partial charge in [0.25, 0.3) is 0 Å². The average molecular weight is 366 g/mol. The summed E-state index contributed by atoms with van der Waals surface area (Å²) < 4.78 is 12.9. The normalized spacial score (nSPS) is 16.9. The van der Waals surface area contributed by atoms with Crippen LogP contribution in [0, 0.1) is 19.8 Å². The predicted molar refractivity (Wildman–Crippen MR) is 107 cm³/mol. The van der Waals surface area contributed by atoms with Crippen LogP contribution in [0.5, 0.6) is 11.5 Å². The van der Waals surface area contributed by atoms with E-state index in [9.17, 15) is 0 Å². The number of rotatable bonds is 4. The van der Waals surface area contributed by atoms with E-state index in [1.54, 1.807) is 14.2 Å². The fourth-order valence-electron chi connectivity index (χ4n) is 3.92. The maximum atomic E-state index is 5.49. The highest BCUT2D eigenvalue weighted by molar-refractivity contribution is 5.82. The summed E-state index contributed by atoms with van der Waals surface area (Å²) >= 11 is 0. The molecule has 27 heavy (non-hydrogen) atoms. The molecule has 0 amide bonds. The number of ether oxygens (including phenoxy) is 2. The molecule has 4 rings (SSSR count). The largest absolute Gasteiger partial charge is 0.493 e. The number of fused-ring (bicyclic) bond motifs is 1. The summed E-state index contributed by atoms with van der Waals surface area (Å²) in [5.74, 6) is 3.24. The van der Waals surface area contributed by atoms with Crippen molar-refractivity contribution in [1.29, 1.82) is 0 Å². The molecule has 0 bridgehead atoms. The molecule has 6 nitrogen and oxygen atoms in total. The van der Waals surface area contributed by atoms with Gasteiger partial charge in [0.2, 0.25) is 0 Å². The molecule has 1 saturated heterocycles. The van der Waals surface area contributed by atoms with E-state index in [0.717, 1.165) is 47.1 Å². The number of anilines is 1. The van der Waals surface area contributed by atoms with Crippen LogP contribution in [0.3, 0.4) is 0 Å². The molecule has 1 fully saturated rings. The fraction of sp³-hybridized carbons (Fsp3) is 0.429. The van der Waals surface area contributed by atoms with Crippen LogP contribution in [0.4, 0.5) is 5.82 Å². The highest BCUT2D eigenvalue weighted by Crippen LogP contribution is 2.36. The van der Waals surface area contributed by atoms with Crippen molar-refractivity contribution in [1.82, 2.24) is 14.6 Å². The Bertz CT molecular complexity index is 996. The van der Waals surface area contributed by atoms with Gasteiger partial charge in [-0.25, -0.2) is 4.98 Å². The lowest BCUT2D eigenvalue weighted by Gasteiger charge is -2.19. The van der Waals surface area contributed by atoms with Gasteiger partial charge in [-0.15, -0.1) is 0 Å². The molecule has 1 unspecified atom stereocenters. The number of nitrogens with zero attached hydrogens (tertiary/aromatic N) is 4. The van der Waals surface area contributed by atoms with Crippen molar-refractivity contribution >= 4 is 11.5 Å². The third kappa shape index (κ3) is 2.99. The van der Waals surface area contributed by atoms with Crippen molar-refractivity contribution in [2.24, 2.45) is 5.92 Å². The van der Waals surface area contributed by atoms with Crippen LogP contribution in [-0.4, -0.2) is 41.9 Å². The summed E-state index contributed by atoms with van der Waals surface area (Å²) in [6.45, 7) is 8.50. The van der Waals surface area contributed by atoms with Crippen LogP contribution >= 0.6 is 0 Å². The maximum absolute atomic E-state index is 5.49. The molecular formula is C21H26N4O2. The molecule has 142 valence electrons. The average Bonchev–Trinajstić information content (AvgIpc) is 3.23. The first-order valence-electron chi connectivity index (χ1n) is 9.36. The topological polar surface area (TPSA) is 51.9 Å². The van der Waals surface area contributed by atoms with Gasteiger partial charge >= 0.3 is 0 Å². The fourth-order valence-corrected chi connectivity index (χ4v) is 3.92. The van der Waals surface area contributed by atoms with Gasteiger partial charge in [-0.2, -0.15) is 9.61 Å². The molecule has 1 aromatic carbocycles. The van der Waals surface area contributed by atoms with E-state index in [1.807, 2.05) is 36.6 Å². The summed E-state index contributed by atoms with van der Waals surface area (Å²) in [7, 11) is 3.30. The molecule has 1 atom stereocenters. The number of aryl methyl sites for hydroxylation is 2. The van der Waals surface area contributed by atoms with Crippen LogP contribution in [0.2, 0.25) is 0 Å². The van der Waals surface area contributed by atoms with Crippen molar-refractivity contribution in [2.45, 2.75) is 27.2 Å². The standard InChI is InChI=1S/C21H26N4O2/c1-13-8-9-24(12-13)19-10-14(2)22-21-20(15(3)23-25(19)21)16-6-7-17(26-4)18(11-16)27-5/h6-7,10-11,13H,8-9,12H2,1-5H3. The summed E-state index contributed by atoms with van der Waals surface area (Å²) in [6, 6.07) is 8.09. The Morgan fingerprint density at radius 3 is 2.52 bits per heavy atom. The quantitative estimate of drug-likeness (QED) is 0.701. The summed E-state index contributed by atoms with van der Waals surface area (Å²) in [5, 5.41) is 4.84. The lowest BCUT2D eigenvalue weighted by atomic mass is 10.1. The van der Waals surface area contributed by atoms with E-state index in [1.165, 1.54) is 6.42 Å². The zero-order valence-electron chi connectivity index (χ0n) is 16.6. The third-order valence-corrected chi connectivity index (χ3v) is 5.29. The first-order valence-corrected chi connectivity index (χ1v) is 9.36. The summed E-state index contributed by atoms with van der Waals surface area (Å²) in [6.07, 6.45) is 1.21. The van der Waals surface area contributed by atoms with E-state index in [2.05, 4.69) is 17.9 Å². The minimum absolute atomic E-state index is 0.704. The molecule has 0 N–H and O–H groups in total. The second kappa shape index (κ2) is 6.76. The third-order valence-electron chi connectivity index (χ3n) is 5.29. The minimum Gasteiger partial charge on any atom is -0.493 e. The van der Waals surface area contributed by atoms with Crippen LogP contribution in [0.15, 0.2) is 24.3 Å². The maximum Gasteiger partial charge on any atom is 0.165 e. The van der Waals surface area contributed by atoms with E-state index in [-0.39, 0.29) is 0 Å². The van der Waals surface area contributed by atoms with Gasteiger partial charge in [0.1, 0.15) is 5.82 Å². The van der Waals surface area contributed by atoms with E-state index >= 15 is 0 Å². The van der Waals surface area contributed by atoms with Crippen LogP contribution in [0.25, 0.3) is 16.8 Å². The monoisotopic (exact) mass is 366 g/mol. The molecule has 1 aliphatic heterocycles. The van der Waals surface area contributed by atoms with E-state index < -0.39 is 0 Å². The Kier molecular flexibility index (Phi) is 4.42. The molecule has 3 heterocycles. The lowest BCUT2D eigenvalue weighted by Crippen LogP contribution is -2.22. The summed E-state index contributed by atoms with van der Waals surface area (Å²) in [4.78, 5) is 7.24. The molecule has 3 aromatic rings. The van der Waals surface area contributed by atoms with Gasteiger partial charge < -0.3 is 14.4 Å². The van der Waals surface area contributed by atoms with Crippen molar-refractivity contribution in [3.05, 3.63) is 35.7 Å². The van der Waals surface area contributed by atoms with Gasteiger partial charge in [-0.3, -0.25) is 0 Å². The molecule has 2 aromatic heterocycles. The molecular weight excluding hydrogens is 340 g/mol. The molecule has 0 aliphatic carbocycles. The second-order valence-corrected chi connectivity index (χ2v) is 7.36. The molecule has 1 aliphatic rings. The van der Waals surface area contributed by atoms with Gasteiger partial charge in [-0.1, -0.05) is 13.0 Å². The molecule has 0 radical (unpaired) electrons. The van der Waals surface area contributed by atoms with Gasteiger partial charge in [0.05, 0.1) is 19.9 Å². The first-order chi connectivity index (χ1) is 13.0. The molecule has 0 saturated carbocycles. The second-order valence-electron chi connectivity index (χ2n) is 7.36. The van der Waals surface area contributed by atoms with Crippen molar-refractivity contribution in [2.75, 3.05) is 32.2 Å². The van der Waals surface area contributed by atoms with Crippen molar-refractivity contribution in [3.63, 3.8) is 0 Å². The van der Waals surface area contributed by atoms with Crippen molar-refractivity contribution < 1.29 is 9.47 Å². The highest BCUT2D eigenvalue weighted by atomic mass is 16.5. The molecule has 6 heteroatoms. The zero-order valence-corrected chi connectivity index (χ0v) is 16.6. The minimum atomic E-state index is 0.704. The van der Waals surface area contributed by atoms with E-state index in [0.29, 0.717) is 17.4 Å². The number of aromatic nitrogens is 3. The lowest BCUT2D eigenvalue weighted by molar-refractivity contribution is 0.355. The Balaban J connectivity index is 1.90. The molecule has 0 spiro atoms. The van der Waals surface area contributed by atoms with Gasteiger partial charge in [0, 0.05) is 30.4 Å². The Labute approximate surface area is 159 Å². The van der Waals surface area contributed by atoms with Gasteiger partial charge in [0.15, 0.2) is 17.1 Å². The number of hydrogen-bond acceptors (Lipinski definition) is 5. The van der Waals surface area contributed by atoms with Crippen molar-refractivity contribution in [3.8, 4) is 22.6 Å². The highest BCUT2D eigenvalue weighted by Gasteiger charge is 2.24. The SMILES string of the molecule is COc1ccc(-c2c(C)nn3c(N4CCC(C)C4)cc(C)nc23)cc1OC. The summed E-state index contributed by atoms with van der Waals surface area (Å²) in [5.41, 5.74) is 4.90. The van der Waals surface area contributed by atoms with Crippen LogP contribution in [-0.2, 0) is 0 Å². The number of methoxy groups -OCH3 is 2. The number of benzene rings is 1. The Morgan fingerprint density at radius 1 is 1.07 bits per heavy atom. The predicted octanol–water partition coefficient (Wildman–Crippen LogP) is 3.88. The van der Waals surface area contributed by atoms with Crippen LogP contribution < -0.4 is 14.4 Å². The Hall–Kier alpha value is -2.76. The smallest absolute Gasteiger partial charge is 0.165 e. The van der Waals surface area contributed by atoms with Gasteiger partial charge in [-0.05, 0) is 43.9 Å².